The molecule has 0 saturated carbocycles. The highest BCUT2D eigenvalue weighted by Gasteiger charge is 2.32. The largest absolute Gasteiger partial charge is 0.507 e. The van der Waals surface area contributed by atoms with E-state index in [1.54, 1.807) is 109 Å². The number of rotatable bonds is 10. The van der Waals surface area contributed by atoms with Gasteiger partial charge in [-0.25, -0.2) is 16.8 Å². The fourth-order valence-electron chi connectivity index (χ4n) is 8.64. The third kappa shape index (κ3) is 8.61. The summed E-state index contributed by atoms with van der Waals surface area (Å²) < 4.78 is 66.0. The zero-order valence-corrected chi connectivity index (χ0v) is 38.3. The number of ether oxygens (including phenoxy) is 2. The third-order valence-corrected chi connectivity index (χ3v) is 15.1. The minimum atomic E-state index is -3.93. The zero-order chi connectivity index (χ0) is 47.7. The van der Waals surface area contributed by atoms with Crippen LogP contribution >= 0.6 is 0 Å². The Morgan fingerprint density at radius 2 is 1.03 bits per heavy atom. The fraction of sp³-hybridized carbons (Fsp3) is 0.0727. The van der Waals surface area contributed by atoms with E-state index in [9.17, 15) is 36.9 Å². The number of methoxy groups -OCH3 is 2. The molecule has 9 aromatic rings. The van der Waals surface area contributed by atoms with Gasteiger partial charge in [-0.1, -0.05) is 115 Å². The van der Waals surface area contributed by atoms with Gasteiger partial charge >= 0.3 is 0 Å². The number of carbonyl (C=O) groups is 1. The topological polar surface area (TPSA) is 177 Å². The van der Waals surface area contributed by atoms with Gasteiger partial charge in [-0.15, -0.1) is 0 Å². The van der Waals surface area contributed by atoms with E-state index >= 15 is 0 Å². The van der Waals surface area contributed by atoms with E-state index in [2.05, 4.69) is 4.72 Å². The maximum atomic E-state index is 13.5. The molecule has 1 unspecified atom stereocenters. The number of phenols is 3. The number of ketones is 1. The van der Waals surface area contributed by atoms with Crippen LogP contribution in [0.1, 0.15) is 33.1 Å². The second kappa shape index (κ2) is 18.4. The maximum Gasteiger partial charge on any atom is 0.241 e. The predicted octanol–water partition coefficient (Wildman–Crippen LogP) is 10.9. The number of benzene rings is 9. The van der Waals surface area contributed by atoms with Crippen molar-refractivity contribution < 1.29 is 46.4 Å². The number of nitrogens with one attached hydrogen (secondary N) is 1. The second-order valence-corrected chi connectivity index (χ2v) is 19.7. The van der Waals surface area contributed by atoms with Crippen LogP contribution in [0.5, 0.6) is 28.7 Å². The molecule has 11 nitrogen and oxygen atoms in total. The first-order valence-corrected chi connectivity index (χ1v) is 24.5. The van der Waals surface area contributed by atoms with Crippen molar-refractivity contribution in [2.45, 2.75) is 21.6 Å². The Hall–Kier alpha value is -7.97. The van der Waals surface area contributed by atoms with Crippen molar-refractivity contribution in [1.82, 2.24) is 4.72 Å². The van der Waals surface area contributed by atoms with Crippen molar-refractivity contribution in [1.29, 1.82) is 0 Å². The van der Waals surface area contributed by atoms with E-state index < -0.39 is 25.9 Å². The van der Waals surface area contributed by atoms with Crippen LogP contribution in [0.15, 0.2) is 192 Å². The number of Topliss-reactive ketones (excluding diaryl/α,β-unsaturated/α-hetero) is 1. The normalized spacial score (nSPS) is 13.6. The summed E-state index contributed by atoms with van der Waals surface area (Å²) in [7, 11) is -4.59. The van der Waals surface area contributed by atoms with E-state index in [4.69, 9.17) is 9.47 Å². The van der Waals surface area contributed by atoms with Crippen LogP contribution in [0.3, 0.4) is 0 Å². The van der Waals surface area contributed by atoms with Gasteiger partial charge in [0.25, 0.3) is 0 Å². The quantitative estimate of drug-likeness (QED) is 0.103. The molecule has 1 atom stereocenters. The Labute approximate surface area is 392 Å². The van der Waals surface area contributed by atoms with Gasteiger partial charge in [0.1, 0.15) is 28.7 Å². The van der Waals surface area contributed by atoms with E-state index in [0.717, 1.165) is 16.2 Å². The van der Waals surface area contributed by atoms with E-state index in [1.165, 1.54) is 38.5 Å². The van der Waals surface area contributed by atoms with Crippen molar-refractivity contribution in [2.75, 3.05) is 14.2 Å². The van der Waals surface area contributed by atoms with E-state index in [1.807, 2.05) is 48.5 Å². The molecule has 68 heavy (non-hydrogen) atoms. The molecule has 0 amide bonds. The predicted molar refractivity (Wildman–Crippen MR) is 265 cm³/mol. The molecule has 0 bridgehead atoms. The molecule has 4 N–H and O–H groups in total. The van der Waals surface area contributed by atoms with Crippen LogP contribution in [0, 0.1) is 0 Å². The molecular weight excluding hydrogens is 899 g/mol. The number of phenolic OH excluding ortho intramolecular Hbond substituents is 3. The summed E-state index contributed by atoms with van der Waals surface area (Å²) in [6.45, 7) is 0. The van der Waals surface area contributed by atoms with Crippen molar-refractivity contribution in [3.05, 3.63) is 204 Å². The number of sulfone groups is 1. The van der Waals surface area contributed by atoms with Crippen molar-refractivity contribution in [3.63, 3.8) is 0 Å². The van der Waals surface area contributed by atoms with Crippen LogP contribution in [-0.2, 0) is 25.6 Å². The van der Waals surface area contributed by atoms with Crippen molar-refractivity contribution in [2.24, 2.45) is 0 Å². The molecule has 0 heterocycles. The first kappa shape index (κ1) is 45.2. The van der Waals surface area contributed by atoms with Gasteiger partial charge in [-0.3, -0.25) is 4.79 Å². The Kier molecular flexibility index (Phi) is 12.2. The summed E-state index contributed by atoms with van der Waals surface area (Å²) in [6, 6.07) is 48.9. The highest BCUT2D eigenvalue weighted by atomic mass is 32.2. The average Bonchev–Trinajstić information content (AvgIpc) is 3.36. The van der Waals surface area contributed by atoms with E-state index in [-0.39, 0.29) is 44.1 Å². The maximum absolute atomic E-state index is 13.5. The molecule has 0 aliphatic heterocycles. The summed E-state index contributed by atoms with van der Waals surface area (Å²) in [5.41, 5.74) is 2.94. The highest BCUT2D eigenvalue weighted by molar-refractivity contribution is 7.90. The summed E-state index contributed by atoms with van der Waals surface area (Å²) in [5.74, 6) is 0.528. The lowest BCUT2D eigenvalue weighted by Gasteiger charge is -2.25. The number of sulfonamides is 1. The van der Waals surface area contributed by atoms with Crippen molar-refractivity contribution in [3.8, 4) is 39.9 Å². The summed E-state index contributed by atoms with van der Waals surface area (Å²) in [6.07, 6.45) is 1.58. The van der Waals surface area contributed by atoms with Crippen LogP contribution in [-0.4, -0.2) is 52.2 Å². The fourth-order valence-corrected chi connectivity index (χ4v) is 11.2. The molecule has 9 aromatic carbocycles. The highest BCUT2D eigenvalue weighted by Crippen LogP contribution is 2.46. The Bertz CT molecular complexity index is 3680. The molecule has 0 fully saturated rings. The van der Waals surface area contributed by atoms with Crippen LogP contribution in [0.2, 0.25) is 0 Å². The molecule has 13 heteroatoms. The van der Waals surface area contributed by atoms with Gasteiger partial charge in [-0.05, 0) is 105 Å². The monoisotopic (exact) mass is 941 g/mol. The molecule has 0 aromatic heterocycles. The SMILES string of the molecule is COc1ccc(S(=O)(=O)Cc2cc(-c3c(O)ccc4ccccc34)c(O)c3ccccc23)cc1.COc1ccc(S(=O)(=O)NC2C=C(c3c(O)ccc4ccccc34)C(=O)c3ccccc32)cc1. The lowest BCUT2D eigenvalue weighted by molar-refractivity contribution is 0.105. The van der Waals surface area contributed by atoms with Gasteiger partial charge in [0.05, 0.1) is 35.8 Å². The van der Waals surface area contributed by atoms with Crippen LogP contribution in [0.25, 0.3) is 49.0 Å². The molecule has 340 valence electrons. The number of hydrogen-bond donors (Lipinski definition) is 4. The standard InChI is InChI=1S/C28H22O5S.C27H21NO5S/c1-33-20-11-13-21(14-12-20)34(31,32)17-19-16-25(28(30)24-9-5-4-7-22(19)24)27-23-8-3-2-6-18(23)10-15-26(27)29;1-33-18-11-13-19(14-12-18)34(31,32)28-24-16-23(27(30)22-9-5-4-8-21(22)24)26-20-7-3-2-6-17(20)10-15-25(26)29/h2-16,29-30H,17H2,1H3;2-16,24,28-29H,1H3. The lowest BCUT2D eigenvalue weighted by Crippen LogP contribution is -2.31. The molecule has 0 saturated heterocycles. The molecule has 0 radical (unpaired) electrons. The van der Waals surface area contributed by atoms with Crippen LogP contribution < -0.4 is 14.2 Å². The van der Waals surface area contributed by atoms with Gasteiger partial charge < -0.3 is 24.8 Å². The zero-order valence-electron chi connectivity index (χ0n) is 36.6. The number of aromatic hydroxyl groups is 3. The molecule has 10 rings (SSSR count). The van der Waals surface area contributed by atoms with Crippen molar-refractivity contribution >= 4 is 63.5 Å². The summed E-state index contributed by atoms with van der Waals surface area (Å²) in [5, 5.41) is 37.1. The third-order valence-electron chi connectivity index (χ3n) is 12.0. The Morgan fingerprint density at radius 1 is 0.529 bits per heavy atom. The van der Waals surface area contributed by atoms with Gasteiger partial charge in [0.15, 0.2) is 15.6 Å². The molecule has 1 aliphatic rings. The van der Waals surface area contributed by atoms with Gasteiger partial charge in [0.2, 0.25) is 10.0 Å². The number of carbonyl (C=O) groups excluding carboxylic acids is 1. The molecule has 1 aliphatic carbocycles. The molecular formula is C55H43NO10S2. The Balaban J connectivity index is 0.000000170. The first-order chi connectivity index (χ1) is 32.8. The van der Waals surface area contributed by atoms with Gasteiger partial charge in [0, 0.05) is 33.2 Å². The van der Waals surface area contributed by atoms with Gasteiger partial charge in [-0.2, -0.15) is 4.72 Å². The second-order valence-electron chi connectivity index (χ2n) is 16.0. The smallest absolute Gasteiger partial charge is 0.241 e. The van der Waals surface area contributed by atoms with Crippen LogP contribution in [0.4, 0.5) is 0 Å². The average molecular weight is 942 g/mol. The minimum absolute atomic E-state index is 0.00662. The first-order valence-electron chi connectivity index (χ1n) is 21.3. The number of fused-ring (bicyclic) bond motifs is 4. The summed E-state index contributed by atoms with van der Waals surface area (Å²) >= 11 is 0. The Morgan fingerprint density at radius 3 is 1.63 bits per heavy atom. The number of hydrogen-bond acceptors (Lipinski definition) is 10. The number of allylic oxidation sites excluding steroid dienone is 1. The molecule has 0 spiro atoms. The minimum Gasteiger partial charge on any atom is -0.507 e. The lowest BCUT2D eigenvalue weighted by atomic mass is 9.83. The van der Waals surface area contributed by atoms with E-state index in [0.29, 0.717) is 61.0 Å². The summed E-state index contributed by atoms with van der Waals surface area (Å²) in [4.78, 5) is 13.7.